The van der Waals surface area contributed by atoms with E-state index in [-0.39, 0.29) is 0 Å². The molecule has 0 unspecified atom stereocenters. The van der Waals surface area contributed by atoms with Gasteiger partial charge in [0, 0.05) is 17.5 Å². The van der Waals surface area contributed by atoms with Crippen molar-refractivity contribution in [3.8, 4) is 17.1 Å². The van der Waals surface area contributed by atoms with Crippen molar-refractivity contribution >= 4 is 0 Å². The highest BCUT2D eigenvalue weighted by Gasteiger charge is 2.04. The summed E-state index contributed by atoms with van der Waals surface area (Å²) in [5.41, 5.74) is 2.19. The number of unbranched alkanes of at least 4 members (excludes halogenated alkanes) is 9. The van der Waals surface area contributed by atoms with E-state index in [1.54, 1.807) is 0 Å². The Morgan fingerprint density at radius 3 is 2.07 bits per heavy atom. The van der Waals surface area contributed by atoms with Gasteiger partial charge in [0.25, 0.3) is 0 Å². The van der Waals surface area contributed by atoms with Gasteiger partial charge in [-0.15, -0.1) is 0 Å². The molecule has 154 valence electrons. The molecule has 1 heterocycles. The number of hydrogen-bond donors (Lipinski definition) is 0. The number of aromatic nitrogens is 2. The van der Waals surface area contributed by atoms with E-state index in [4.69, 9.17) is 9.72 Å². The lowest BCUT2D eigenvalue weighted by Crippen LogP contribution is -1.98. The summed E-state index contributed by atoms with van der Waals surface area (Å²) in [5.74, 6) is 1.75. The van der Waals surface area contributed by atoms with Crippen molar-refractivity contribution in [1.29, 1.82) is 0 Å². The minimum absolute atomic E-state index is 0.802. The summed E-state index contributed by atoms with van der Waals surface area (Å²) in [6.45, 7) is 5.30. The van der Waals surface area contributed by atoms with E-state index in [9.17, 15) is 0 Å². The number of hydrogen-bond acceptors (Lipinski definition) is 3. The summed E-state index contributed by atoms with van der Waals surface area (Å²) >= 11 is 0. The minimum atomic E-state index is 0.802. The topological polar surface area (TPSA) is 35.0 Å². The number of rotatable bonds is 15. The van der Waals surface area contributed by atoms with Crippen LogP contribution in [0.25, 0.3) is 11.4 Å². The van der Waals surface area contributed by atoms with Gasteiger partial charge in [-0.2, -0.15) is 0 Å². The largest absolute Gasteiger partial charge is 0.494 e. The van der Waals surface area contributed by atoms with Gasteiger partial charge in [0.15, 0.2) is 5.82 Å². The summed E-state index contributed by atoms with van der Waals surface area (Å²) < 4.78 is 5.88. The first-order valence-electron chi connectivity index (χ1n) is 11.4. The summed E-state index contributed by atoms with van der Waals surface area (Å²) in [7, 11) is 0. The second-order valence-corrected chi connectivity index (χ2v) is 7.68. The number of nitrogens with zero attached hydrogens (tertiary/aromatic N) is 2. The molecule has 0 aliphatic heterocycles. The Labute approximate surface area is 172 Å². The highest BCUT2D eigenvalue weighted by molar-refractivity contribution is 5.56. The first kappa shape index (κ1) is 22.4. The second kappa shape index (κ2) is 14.1. The second-order valence-electron chi connectivity index (χ2n) is 7.68. The Bertz CT molecular complexity index is 639. The summed E-state index contributed by atoms with van der Waals surface area (Å²) in [4.78, 5) is 9.18. The van der Waals surface area contributed by atoms with Crippen molar-refractivity contribution < 1.29 is 4.74 Å². The molecule has 3 heteroatoms. The number of aryl methyl sites for hydroxylation is 1. The van der Waals surface area contributed by atoms with Crippen LogP contribution in [0.1, 0.15) is 90.2 Å². The third-order valence-corrected chi connectivity index (χ3v) is 5.13. The summed E-state index contributed by atoms with van der Waals surface area (Å²) in [5, 5.41) is 0. The molecule has 28 heavy (non-hydrogen) atoms. The molecule has 3 nitrogen and oxygen atoms in total. The molecule has 0 aliphatic rings. The SMILES string of the molecule is CCCCCCCCCOc1ccc(-c2nccc(CCCCCC)n2)cc1. The Morgan fingerprint density at radius 2 is 1.36 bits per heavy atom. The Morgan fingerprint density at radius 1 is 0.714 bits per heavy atom. The molecule has 1 aromatic heterocycles. The van der Waals surface area contributed by atoms with Crippen LogP contribution in [0.2, 0.25) is 0 Å². The number of benzene rings is 1. The quantitative estimate of drug-likeness (QED) is 0.301. The van der Waals surface area contributed by atoms with Crippen molar-refractivity contribution in [2.75, 3.05) is 6.61 Å². The molecule has 0 saturated heterocycles. The Hall–Kier alpha value is -1.90. The third-order valence-electron chi connectivity index (χ3n) is 5.13. The van der Waals surface area contributed by atoms with Crippen molar-refractivity contribution in [2.24, 2.45) is 0 Å². The normalized spacial score (nSPS) is 10.9. The van der Waals surface area contributed by atoms with E-state index in [1.807, 2.05) is 24.4 Å². The maximum Gasteiger partial charge on any atom is 0.159 e. The molecule has 0 amide bonds. The lowest BCUT2D eigenvalue weighted by atomic mass is 10.1. The van der Waals surface area contributed by atoms with Crippen molar-refractivity contribution in [3.63, 3.8) is 0 Å². The molecular formula is C25H38N2O. The van der Waals surface area contributed by atoms with Crippen LogP contribution in [-0.2, 0) is 6.42 Å². The van der Waals surface area contributed by atoms with Crippen molar-refractivity contribution in [3.05, 3.63) is 42.2 Å². The van der Waals surface area contributed by atoms with E-state index in [0.717, 1.165) is 42.3 Å². The van der Waals surface area contributed by atoms with Gasteiger partial charge in [0.2, 0.25) is 0 Å². The van der Waals surface area contributed by atoms with Crippen LogP contribution in [0.3, 0.4) is 0 Å². The van der Waals surface area contributed by atoms with E-state index in [1.165, 1.54) is 64.2 Å². The molecule has 1 aromatic carbocycles. The molecule has 0 spiro atoms. The highest BCUT2D eigenvalue weighted by Crippen LogP contribution is 2.20. The molecule has 0 atom stereocenters. The maximum absolute atomic E-state index is 5.88. The lowest BCUT2D eigenvalue weighted by molar-refractivity contribution is 0.304. The zero-order valence-electron chi connectivity index (χ0n) is 18.0. The Kier molecular flexibility index (Phi) is 11.3. The first-order chi connectivity index (χ1) is 13.8. The van der Waals surface area contributed by atoms with Gasteiger partial charge < -0.3 is 4.74 Å². The van der Waals surface area contributed by atoms with E-state index in [0.29, 0.717) is 0 Å². The van der Waals surface area contributed by atoms with E-state index < -0.39 is 0 Å². The van der Waals surface area contributed by atoms with Crippen LogP contribution in [0.4, 0.5) is 0 Å². The van der Waals surface area contributed by atoms with Crippen LogP contribution in [-0.4, -0.2) is 16.6 Å². The van der Waals surface area contributed by atoms with Crippen molar-refractivity contribution in [2.45, 2.75) is 90.9 Å². The molecule has 0 fully saturated rings. The van der Waals surface area contributed by atoms with Crippen LogP contribution >= 0.6 is 0 Å². The molecule has 0 bridgehead atoms. The van der Waals surface area contributed by atoms with E-state index >= 15 is 0 Å². The van der Waals surface area contributed by atoms with Gasteiger partial charge >= 0.3 is 0 Å². The van der Waals surface area contributed by atoms with Gasteiger partial charge in [-0.3, -0.25) is 0 Å². The molecule has 0 saturated carbocycles. The third kappa shape index (κ3) is 8.86. The molecular weight excluding hydrogens is 344 g/mol. The zero-order valence-corrected chi connectivity index (χ0v) is 18.0. The monoisotopic (exact) mass is 382 g/mol. The fraction of sp³-hybridized carbons (Fsp3) is 0.600. The predicted molar refractivity (Wildman–Crippen MR) is 119 cm³/mol. The Balaban J connectivity index is 1.73. The summed E-state index contributed by atoms with van der Waals surface area (Å²) in [6, 6.07) is 10.2. The zero-order chi connectivity index (χ0) is 19.9. The van der Waals surface area contributed by atoms with Crippen molar-refractivity contribution in [1.82, 2.24) is 9.97 Å². The van der Waals surface area contributed by atoms with Gasteiger partial charge in [-0.05, 0) is 49.6 Å². The molecule has 0 radical (unpaired) electrons. The molecule has 2 aromatic rings. The lowest BCUT2D eigenvalue weighted by Gasteiger charge is -2.08. The number of ether oxygens (including phenoxy) is 1. The average molecular weight is 383 g/mol. The minimum Gasteiger partial charge on any atom is -0.494 e. The highest BCUT2D eigenvalue weighted by atomic mass is 16.5. The smallest absolute Gasteiger partial charge is 0.159 e. The predicted octanol–water partition coefficient (Wildman–Crippen LogP) is 7.40. The fourth-order valence-electron chi connectivity index (χ4n) is 3.36. The molecule has 0 N–H and O–H groups in total. The fourth-order valence-corrected chi connectivity index (χ4v) is 3.36. The first-order valence-corrected chi connectivity index (χ1v) is 11.4. The van der Waals surface area contributed by atoms with Crippen LogP contribution in [0.5, 0.6) is 5.75 Å². The van der Waals surface area contributed by atoms with Crippen LogP contribution in [0.15, 0.2) is 36.5 Å². The van der Waals surface area contributed by atoms with E-state index in [2.05, 4.69) is 31.0 Å². The molecule has 0 aliphatic carbocycles. The van der Waals surface area contributed by atoms with Gasteiger partial charge in [-0.1, -0.05) is 71.6 Å². The van der Waals surface area contributed by atoms with Gasteiger partial charge in [0.05, 0.1) is 6.61 Å². The molecule has 2 rings (SSSR count). The standard InChI is InChI=1S/C25H38N2O/c1-3-5-7-9-10-11-13-21-28-24-17-15-22(16-18-24)25-26-20-19-23(27-25)14-12-8-6-4-2/h15-20H,3-14,21H2,1-2H3. The summed E-state index contributed by atoms with van der Waals surface area (Å²) in [6.07, 6.45) is 17.1. The maximum atomic E-state index is 5.88. The van der Waals surface area contributed by atoms with Gasteiger partial charge in [0.1, 0.15) is 5.75 Å². The van der Waals surface area contributed by atoms with Crippen LogP contribution in [0, 0.1) is 0 Å². The average Bonchev–Trinajstić information content (AvgIpc) is 2.74. The van der Waals surface area contributed by atoms with Gasteiger partial charge in [-0.25, -0.2) is 9.97 Å². The van der Waals surface area contributed by atoms with Crippen LogP contribution < -0.4 is 4.74 Å².